The van der Waals surface area contributed by atoms with Gasteiger partial charge in [-0.2, -0.15) is 0 Å². The number of nitrogens with zero attached hydrogens (tertiary/aromatic N) is 3. The van der Waals surface area contributed by atoms with Crippen LogP contribution in [0.2, 0.25) is 0 Å². The van der Waals surface area contributed by atoms with Gasteiger partial charge in [0.05, 0.1) is 17.3 Å². The Bertz CT molecular complexity index is 309. The molecule has 0 aliphatic rings. The summed E-state index contributed by atoms with van der Waals surface area (Å²) in [7, 11) is 3.50. The van der Waals surface area contributed by atoms with Crippen LogP contribution in [0.4, 0.5) is 0 Å². The number of hydrazine groups is 1. The minimum Gasteiger partial charge on any atom is -0.377 e. The summed E-state index contributed by atoms with van der Waals surface area (Å²) in [5.41, 5.74) is 3.30. The summed E-state index contributed by atoms with van der Waals surface area (Å²) in [4.78, 5) is 0. The summed E-state index contributed by atoms with van der Waals surface area (Å²) in [6.45, 7) is 3.96. The van der Waals surface area contributed by atoms with Crippen molar-refractivity contribution in [2.45, 2.75) is 31.9 Å². The van der Waals surface area contributed by atoms with E-state index in [2.05, 4.69) is 15.7 Å². The van der Waals surface area contributed by atoms with Crippen LogP contribution in [0.5, 0.6) is 0 Å². The molecule has 0 aliphatic carbocycles. The summed E-state index contributed by atoms with van der Waals surface area (Å²) in [5, 5.41) is 7.88. The molecule has 1 atom stereocenters. The first kappa shape index (κ1) is 12.1. The van der Waals surface area contributed by atoms with Crippen molar-refractivity contribution in [1.82, 2.24) is 20.4 Å². The molecule has 1 aromatic heterocycles. The second-order valence-electron chi connectivity index (χ2n) is 4.11. The lowest BCUT2D eigenvalue weighted by atomic mass is 9.95. The molecule has 0 saturated carbocycles. The van der Waals surface area contributed by atoms with Crippen LogP contribution in [0.15, 0.2) is 6.20 Å². The van der Waals surface area contributed by atoms with E-state index in [9.17, 15) is 0 Å². The van der Waals surface area contributed by atoms with Crippen molar-refractivity contribution in [3.8, 4) is 0 Å². The van der Waals surface area contributed by atoms with Crippen molar-refractivity contribution in [2.24, 2.45) is 12.9 Å². The van der Waals surface area contributed by atoms with E-state index >= 15 is 0 Å². The Kier molecular flexibility index (Phi) is 3.78. The Hall–Kier alpha value is -0.980. The van der Waals surface area contributed by atoms with E-state index in [4.69, 9.17) is 10.6 Å². The molecule has 0 amide bonds. The molecule has 0 radical (unpaired) electrons. The van der Waals surface area contributed by atoms with Crippen molar-refractivity contribution in [3.63, 3.8) is 0 Å². The van der Waals surface area contributed by atoms with E-state index in [1.54, 1.807) is 11.8 Å². The van der Waals surface area contributed by atoms with Gasteiger partial charge in [-0.3, -0.25) is 16.0 Å². The lowest BCUT2D eigenvalue weighted by molar-refractivity contribution is -0.0103. The van der Waals surface area contributed by atoms with Gasteiger partial charge in [0.15, 0.2) is 0 Å². The fourth-order valence-corrected chi connectivity index (χ4v) is 1.35. The van der Waals surface area contributed by atoms with Gasteiger partial charge in [0, 0.05) is 26.8 Å². The van der Waals surface area contributed by atoms with Gasteiger partial charge in [-0.05, 0) is 13.8 Å². The second-order valence-corrected chi connectivity index (χ2v) is 4.11. The topological polar surface area (TPSA) is 78.0 Å². The number of methoxy groups -OCH3 is 1. The van der Waals surface area contributed by atoms with Gasteiger partial charge in [-0.25, -0.2) is 0 Å². The third-order valence-electron chi connectivity index (χ3n) is 2.63. The molecule has 0 fully saturated rings. The molecule has 0 aromatic carbocycles. The van der Waals surface area contributed by atoms with Gasteiger partial charge < -0.3 is 4.74 Å². The van der Waals surface area contributed by atoms with E-state index in [1.807, 2.05) is 27.1 Å². The monoisotopic (exact) mass is 213 g/mol. The number of ether oxygens (including phenoxy) is 1. The van der Waals surface area contributed by atoms with Gasteiger partial charge in [-0.1, -0.05) is 5.21 Å². The van der Waals surface area contributed by atoms with Crippen molar-refractivity contribution >= 4 is 0 Å². The molecule has 6 heteroatoms. The maximum Gasteiger partial charge on any atom is 0.0844 e. The zero-order chi connectivity index (χ0) is 11.5. The smallest absolute Gasteiger partial charge is 0.0844 e. The Balaban J connectivity index is 2.69. The minimum absolute atomic E-state index is 0.000741. The van der Waals surface area contributed by atoms with Gasteiger partial charge in [0.1, 0.15) is 0 Å². The Labute approximate surface area is 89.8 Å². The molecule has 6 nitrogen and oxygen atoms in total. The van der Waals surface area contributed by atoms with Crippen LogP contribution in [0.25, 0.3) is 0 Å². The lowest BCUT2D eigenvalue weighted by Gasteiger charge is -2.31. The minimum atomic E-state index is -0.341. The quantitative estimate of drug-likeness (QED) is 0.514. The van der Waals surface area contributed by atoms with Crippen molar-refractivity contribution in [1.29, 1.82) is 0 Å². The maximum absolute atomic E-state index is 5.50. The molecular formula is C9H19N5O. The molecule has 15 heavy (non-hydrogen) atoms. The number of aromatic nitrogens is 3. The molecule has 0 bridgehead atoms. The number of hydrogen-bond acceptors (Lipinski definition) is 5. The molecule has 0 aliphatic heterocycles. The number of aryl methyl sites for hydroxylation is 1. The Morgan fingerprint density at radius 3 is 2.73 bits per heavy atom. The van der Waals surface area contributed by atoms with Crippen LogP contribution in [0, 0.1) is 0 Å². The normalized spacial score (nSPS) is 14.2. The number of nitrogens with two attached hydrogens (primary N) is 1. The summed E-state index contributed by atoms with van der Waals surface area (Å²) in [6.07, 6.45) is 2.56. The summed E-state index contributed by atoms with van der Waals surface area (Å²) >= 11 is 0. The number of hydrogen-bond donors (Lipinski definition) is 2. The van der Waals surface area contributed by atoms with E-state index in [1.165, 1.54) is 0 Å². The van der Waals surface area contributed by atoms with E-state index in [0.29, 0.717) is 6.42 Å². The standard InChI is InChI=1S/C9H19N5O/c1-9(2,15-4)8(11-10)5-7-6-14(3)13-12-7/h6,8,11H,5,10H2,1-4H3. The molecular weight excluding hydrogens is 194 g/mol. The first-order valence-electron chi connectivity index (χ1n) is 4.86. The first-order chi connectivity index (χ1) is 6.99. The van der Waals surface area contributed by atoms with Crippen molar-refractivity contribution in [2.75, 3.05) is 7.11 Å². The van der Waals surface area contributed by atoms with Crippen LogP contribution in [0.3, 0.4) is 0 Å². The summed E-state index contributed by atoms with van der Waals surface area (Å²) in [5.74, 6) is 5.50. The van der Waals surface area contributed by atoms with Crippen molar-refractivity contribution in [3.05, 3.63) is 11.9 Å². The molecule has 1 aromatic rings. The predicted octanol–water partition coefficient (Wildman–Crippen LogP) is -0.385. The van der Waals surface area contributed by atoms with Gasteiger partial charge >= 0.3 is 0 Å². The number of nitrogens with one attached hydrogen (secondary N) is 1. The zero-order valence-electron chi connectivity index (χ0n) is 9.69. The first-order valence-corrected chi connectivity index (χ1v) is 4.86. The van der Waals surface area contributed by atoms with Crippen LogP contribution in [-0.4, -0.2) is 33.7 Å². The lowest BCUT2D eigenvalue weighted by Crippen LogP contribution is -2.52. The molecule has 3 N–H and O–H groups in total. The average Bonchev–Trinajstić information content (AvgIpc) is 2.60. The molecule has 86 valence electrons. The predicted molar refractivity (Wildman–Crippen MR) is 56.9 cm³/mol. The van der Waals surface area contributed by atoms with E-state index in [0.717, 1.165) is 5.69 Å². The molecule has 1 unspecified atom stereocenters. The van der Waals surface area contributed by atoms with Crippen LogP contribution in [0.1, 0.15) is 19.5 Å². The van der Waals surface area contributed by atoms with Crippen LogP contribution in [-0.2, 0) is 18.2 Å². The maximum atomic E-state index is 5.50. The highest BCUT2D eigenvalue weighted by Crippen LogP contribution is 2.16. The van der Waals surface area contributed by atoms with Gasteiger partial charge in [0.2, 0.25) is 0 Å². The Morgan fingerprint density at radius 1 is 1.67 bits per heavy atom. The highest BCUT2D eigenvalue weighted by Gasteiger charge is 2.29. The highest BCUT2D eigenvalue weighted by atomic mass is 16.5. The Morgan fingerprint density at radius 2 is 2.33 bits per heavy atom. The number of rotatable bonds is 5. The van der Waals surface area contributed by atoms with E-state index < -0.39 is 0 Å². The largest absolute Gasteiger partial charge is 0.377 e. The third kappa shape index (κ3) is 2.98. The molecule has 0 saturated heterocycles. The fraction of sp³-hybridized carbons (Fsp3) is 0.778. The summed E-state index contributed by atoms with van der Waals surface area (Å²) < 4.78 is 7.04. The van der Waals surface area contributed by atoms with Crippen molar-refractivity contribution < 1.29 is 4.74 Å². The van der Waals surface area contributed by atoms with Crippen LogP contribution < -0.4 is 11.3 Å². The average molecular weight is 213 g/mol. The highest BCUT2D eigenvalue weighted by molar-refractivity contribution is 4.99. The summed E-state index contributed by atoms with van der Waals surface area (Å²) in [6, 6.07) is -0.000741. The molecule has 0 spiro atoms. The van der Waals surface area contributed by atoms with Gasteiger partial charge in [-0.15, -0.1) is 5.10 Å². The van der Waals surface area contributed by atoms with E-state index in [-0.39, 0.29) is 11.6 Å². The third-order valence-corrected chi connectivity index (χ3v) is 2.63. The zero-order valence-corrected chi connectivity index (χ0v) is 9.69. The molecule has 1 rings (SSSR count). The molecule has 1 heterocycles. The second kappa shape index (κ2) is 4.69. The van der Waals surface area contributed by atoms with Crippen LogP contribution >= 0.6 is 0 Å². The fourth-order valence-electron chi connectivity index (χ4n) is 1.35. The van der Waals surface area contributed by atoms with Gasteiger partial charge in [0.25, 0.3) is 0 Å². The SMILES string of the molecule is COC(C)(C)C(Cc1cn(C)nn1)NN.